The molecule has 13 rings (SSSR count). The molecule has 0 unspecified atom stereocenters. The van der Waals surface area contributed by atoms with E-state index in [9.17, 15) is 0 Å². The number of fused-ring (bicyclic) bond motifs is 8. The van der Waals surface area contributed by atoms with Crippen LogP contribution in [0.5, 0.6) is 0 Å². The summed E-state index contributed by atoms with van der Waals surface area (Å²) in [6.07, 6.45) is 0. The van der Waals surface area contributed by atoms with Crippen LogP contribution < -0.4 is 4.90 Å². The molecule has 0 amide bonds. The fraction of sp³-hybridized carbons (Fsp3) is 0.0154. The molecule has 1 aliphatic carbocycles. The third kappa shape index (κ3) is 6.18. The van der Waals surface area contributed by atoms with Crippen LogP contribution in [-0.4, -0.2) is 4.57 Å². The summed E-state index contributed by atoms with van der Waals surface area (Å²) in [7, 11) is 0. The summed E-state index contributed by atoms with van der Waals surface area (Å²) < 4.78 is 2.45. The van der Waals surface area contributed by atoms with Crippen LogP contribution in [0.2, 0.25) is 0 Å². The van der Waals surface area contributed by atoms with E-state index in [1.54, 1.807) is 0 Å². The molecule has 1 heterocycles. The minimum Gasteiger partial charge on any atom is -0.310 e. The van der Waals surface area contributed by atoms with Crippen molar-refractivity contribution in [1.29, 1.82) is 0 Å². The van der Waals surface area contributed by atoms with Gasteiger partial charge in [0.15, 0.2) is 0 Å². The molecule has 0 fully saturated rings. The Morgan fingerprint density at radius 3 is 1.57 bits per heavy atom. The van der Waals surface area contributed by atoms with Gasteiger partial charge in [-0.2, -0.15) is 0 Å². The summed E-state index contributed by atoms with van der Waals surface area (Å²) in [6.45, 7) is 0. The lowest BCUT2D eigenvalue weighted by Crippen LogP contribution is -2.28. The van der Waals surface area contributed by atoms with Gasteiger partial charge < -0.3 is 9.47 Å². The van der Waals surface area contributed by atoms with E-state index in [1.165, 1.54) is 77.1 Å². The summed E-state index contributed by atoms with van der Waals surface area (Å²) in [4.78, 5) is 2.45. The van der Waals surface area contributed by atoms with Crippen LogP contribution >= 0.6 is 0 Å². The van der Waals surface area contributed by atoms with Gasteiger partial charge in [0.05, 0.1) is 16.4 Å². The normalized spacial score (nSPS) is 12.6. The van der Waals surface area contributed by atoms with E-state index in [-0.39, 0.29) is 0 Å². The Morgan fingerprint density at radius 1 is 0.313 bits per heavy atom. The molecule has 1 aliphatic rings. The molecule has 0 spiro atoms. The van der Waals surface area contributed by atoms with E-state index >= 15 is 0 Å². The van der Waals surface area contributed by atoms with Gasteiger partial charge in [0.2, 0.25) is 0 Å². The topological polar surface area (TPSA) is 8.17 Å². The zero-order valence-electron chi connectivity index (χ0n) is 36.8. The SMILES string of the molecule is c1ccc(-c2cccc(N(c3cccc(-c4ccc5c6ccc7ccccc7c6n(-c6ccccc6)c5c4)c3)c3ccc4c(c3)C(c3ccccc3)(c3ccccc3)c3ccccc3-4)c2)cc1. The number of nitrogens with zero attached hydrogens (tertiary/aromatic N) is 2. The first-order chi connectivity index (χ1) is 33.2. The Labute approximate surface area is 390 Å². The summed E-state index contributed by atoms with van der Waals surface area (Å²) in [6, 6.07) is 98.1. The molecular formula is C65H44N2. The Bertz CT molecular complexity index is 3760. The highest BCUT2D eigenvalue weighted by Gasteiger charge is 2.46. The second-order valence-corrected chi connectivity index (χ2v) is 17.6. The van der Waals surface area contributed by atoms with E-state index in [0.717, 1.165) is 33.9 Å². The minimum absolute atomic E-state index is 0.526. The summed E-state index contributed by atoms with van der Waals surface area (Å²) in [5.41, 5.74) is 18.6. The van der Waals surface area contributed by atoms with Gasteiger partial charge >= 0.3 is 0 Å². The Hall–Kier alpha value is -8.72. The maximum absolute atomic E-state index is 2.46. The van der Waals surface area contributed by atoms with Crippen LogP contribution in [0.15, 0.2) is 267 Å². The van der Waals surface area contributed by atoms with Gasteiger partial charge in [0.1, 0.15) is 0 Å². The molecular weight excluding hydrogens is 809 g/mol. The number of para-hydroxylation sites is 1. The van der Waals surface area contributed by atoms with Crippen LogP contribution in [0.25, 0.3) is 71.6 Å². The highest BCUT2D eigenvalue weighted by Crippen LogP contribution is 2.57. The summed E-state index contributed by atoms with van der Waals surface area (Å²) in [5, 5.41) is 4.98. The monoisotopic (exact) mass is 852 g/mol. The average Bonchev–Trinajstić information content (AvgIpc) is 3.90. The maximum Gasteiger partial charge on any atom is 0.0714 e. The van der Waals surface area contributed by atoms with E-state index in [0.29, 0.717) is 0 Å². The Balaban J connectivity index is 1.03. The lowest BCUT2D eigenvalue weighted by atomic mass is 9.67. The highest BCUT2D eigenvalue weighted by atomic mass is 15.1. The maximum atomic E-state index is 2.46. The minimum atomic E-state index is -0.526. The van der Waals surface area contributed by atoms with Crippen LogP contribution in [0.4, 0.5) is 17.1 Å². The molecule has 0 N–H and O–H groups in total. The molecule has 12 aromatic rings. The van der Waals surface area contributed by atoms with Crippen LogP contribution in [0, 0.1) is 0 Å². The second kappa shape index (κ2) is 15.8. The fourth-order valence-corrected chi connectivity index (χ4v) is 11.1. The van der Waals surface area contributed by atoms with Crippen molar-refractivity contribution in [2.24, 2.45) is 0 Å². The van der Waals surface area contributed by atoms with E-state index in [4.69, 9.17) is 0 Å². The van der Waals surface area contributed by atoms with Gasteiger partial charge in [0, 0.05) is 38.9 Å². The molecule has 0 saturated carbocycles. The highest BCUT2D eigenvalue weighted by molar-refractivity contribution is 6.19. The molecule has 2 nitrogen and oxygen atoms in total. The van der Waals surface area contributed by atoms with Crippen LogP contribution in [-0.2, 0) is 5.41 Å². The van der Waals surface area contributed by atoms with Gasteiger partial charge in [0.25, 0.3) is 0 Å². The molecule has 0 atom stereocenters. The summed E-state index contributed by atoms with van der Waals surface area (Å²) in [5.74, 6) is 0. The van der Waals surface area contributed by atoms with Crippen LogP contribution in [0.3, 0.4) is 0 Å². The molecule has 67 heavy (non-hydrogen) atoms. The van der Waals surface area contributed by atoms with Crippen molar-refractivity contribution in [2.45, 2.75) is 5.41 Å². The van der Waals surface area contributed by atoms with Gasteiger partial charge in [-0.1, -0.05) is 212 Å². The van der Waals surface area contributed by atoms with Crippen molar-refractivity contribution in [3.05, 3.63) is 289 Å². The van der Waals surface area contributed by atoms with Crippen molar-refractivity contribution in [1.82, 2.24) is 4.57 Å². The van der Waals surface area contributed by atoms with E-state index in [2.05, 4.69) is 276 Å². The van der Waals surface area contributed by atoms with Crippen LogP contribution in [0.1, 0.15) is 22.3 Å². The molecule has 0 aliphatic heterocycles. The molecule has 11 aromatic carbocycles. The van der Waals surface area contributed by atoms with Crippen molar-refractivity contribution >= 4 is 49.6 Å². The Kier molecular flexibility index (Phi) is 9.11. The molecule has 0 bridgehead atoms. The average molecular weight is 853 g/mol. The Morgan fingerprint density at radius 2 is 0.851 bits per heavy atom. The predicted molar refractivity (Wildman–Crippen MR) is 281 cm³/mol. The quantitative estimate of drug-likeness (QED) is 0.148. The zero-order valence-corrected chi connectivity index (χ0v) is 36.8. The van der Waals surface area contributed by atoms with Gasteiger partial charge in [-0.15, -0.1) is 0 Å². The predicted octanol–water partition coefficient (Wildman–Crippen LogP) is 17.1. The zero-order chi connectivity index (χ0) is 44.3. The third-order valence-corrected chi connectivity index (χ3v) is 14.0. The largest absolute Gasteiger partial charge is 0.310 e. The van der Waals surface area contributed by atoms with Crippen molar-refractivity contribution < 1.29 is 0 Å². The first-order valence-corrected chi connectivity index (χ1v) is 23.2. The number of aromatic nitrogens is 1. The first kappa shape index (κ1) is 38.7. The number of anilines is 3. The smallest absolute Gasteiger partial charge is 0.0714 e. The van der Waals surface area contributed by atoms with E-state index in [1.807, 2.05) is 0 Å². The number of rotatable bonds is 8. The lowest BCUT2D eigenvalue weighted by Gasteiger charge is -2.35. The van der Waals surface area contributed by atoms with Crippen molar-refractivity contribution in [3.63, 3.8) is 0 Å². The van der Waals surface area contributed by atoms with E-state index < -0.39 is 5.41 Å². The lowest BCUT2D eigenvalue weighted by molar-refractivity contribution is 0.768. The summed E-state index contributed by atoms with van der Waals surface area (Å²) >= 11 is 0. The standard InChI is InChI=1S/C65H44N2/c1-5-19-45(20-6-1)47-22-17-30-53(41-47)66(55-37-40-58-57-33-15-16-34-61(57)65(62(58)44-55,50-24-7-2-8-25-50)51-26-9-3-10-27-51)54-31-18-23-48(42-54)49-36-38-59-60-39-35-46-21-13-14-32-56(46)64(60)67(63(59)43-49)52-28-11-4-12-29-52/h1-44H. The molecule has 1 aromatic heterocycles. The molecule has 314 valence electrons. The first-order valence-electron chi connectivity index (χ1n) is 23.2. The van der Waals surface area contributed by atoms with Gasteiger partial charge in [-0.3, -0.25) is 0 Å². The van der Waals surface area contributed by atoms with Crippen molar-refractivity contribution in [2.75, 3.05) is 4.90 Å². The van der Waals surface area contributed by atoms with Gasteiger partial charge in [-0.05, 0) is 116 Å². The second-order valence-electron chi connectivity index (χ2n) is 17.6. The number of hydrogen-bond donors (Lipinski definition) is 0. The van der Waals surface area contributed by atoms with Gasteiger partial charge in [-0.25, -0.2) is 0 Å². The molecule has 0 radical (unpaired) electrons. The molecule has 2 heteroatoms. The third-order valence-electron chi connectivity index (χ3n) is 14.0. The number of hydrogen-bond acceptors (Lipinski definition) is 1. The molecule has 0 saturated heterocycles. The van der Waals surface area contributed by atoms with Crippen molar-refractivity contribution in [3.8, 4) is 39.1 Å². The number of benzene rings is 11. The fourth-order valence-electron chi connectivity index (χ4n) is 11.1.